The summed E-state index contributed by atoms with van der Waals surface area (Å²) < 4.78 is 16.8. The number of ether oxygens (including phenoxy) is 3. The first-order valence-corrected chi connectivity index (χ1v) is 15.4. The van der Waals surface area contributed by atoms with E-state index in [1.54, 1.807) is 18.2 Å². The molecule has 3 rings (SSSR count). The van der Waals surface area contributed by atoms with Crippen LogP contribution in [0.3, 0.4) is 0 Å². The number of allylic oxidation sites excluding steroid dienone is 1. The Balaban J connectivity index is 2.04. The lowest BCUT2D eigenvalue weighted by Gasteiger charge is -2.33. The van der Waals surface area contributed by atoms with E-state index in [4.69, 9.17) is 25.8 Å². The van der Waals surface area contributed by atoms with Gasteiger partial charge in [-0.25, -0.2) is 4.79 Å². The van der Waals surface area contributed by atoms with Crippen LogP contribution in [0.15, 0.2) is 49.1 Å². The van der Waals surface area contributed by atoms with E-state index in [2.05, 4.69) is 11.5 Å². The minimum atomic E-state index is -2.25. The number of esters is 2. The average Bonchev–Trinajstić information content (AvgIpc) is 3.01. The summed E-state index contributed by atoms with van der Waals surface area (Å²) in [7, 11) is 1.20. The molecule has 1 aliphatic rings. The number of methoxy groups -OCH3 is 1. The van der Waals surface area contributed by atoms with Crippen molar-refractivity contribution < 1.29 is 28.9 Å². The Bertz CT molecular complexity index is 1210. The van der Waals surface area contributed by atoms with Crippen LogP contribution in [-0.4, -0.2) is 43.9 Å². The van der Waals surface area contributed by atoms with Crippen molar-refractivity contribution in [3.05, 3.63) is 70.8 Å². The molecule has 2 atom stereocenters. The first kappa shape index (κ1) is 33.5. The fourth-order valence-corrected chi connectivity index (χ4v) is 5.43. The lowest BCUT2D eigenvalue weighted by atomic mass is 9.81. The molecule has 2 aromatic carbocycles. The molecule has 0 saturated heterocycles. The van der Waals surface area contributed by atoms with Crippen molar-refractivity contribution in [3.63, 3.8) is 0 Å². The summed E-state index contributed by atoms with van der Waals surface area (Å²) in [6.45, 7) is 11.2. The van der Waals surface area contributed by atoms with Gasteiger partial charge in [0, 0.05) is 18.1 Å². The molecule has 0 radical (unpaired) electrons. The number of anilines is 1. The molecule has 0 aliphatic carbocycles. The van der Waals surface area contributed by atoms with Crippen LogP contribution < -0.4 is 9.64 Å². The first-order chi connectivity index (χ1) is 20.1. The van der Waals surface area contributed by atoms with E-state index < -0.39 is 23.5 Å². The van der Waals surface area contributed by atoms with E-state index in [1.165, 1.54) is 19.6 Å². The van der Waals surface area contributed by atoms with Crippen molar-refractivity contribution in [1.29, 1.82) is 0 Å². The van der Waals surface area contributed by atoms with Gasteiger partial charge in [0.05, 0.1) is 25.3 Å². The van der Waals surface area contributed by atoms with Crippen LogP contribution in [0.25, 0.3) is 0 Å². The number of halogens is 1. The van der Waals surface area contributed by atoms with E-state index in [1.807, 2.05) is 38.1 Å². The number of fused-ring (bicyclic) bond motifs is 2. The number of aliphatic hydroxyl groups is 1. The second-order valence-electron chi connectivity index (χ2n) is 11.5. The van der Waals surface area contributed by atoms with Crippen LogP contribution >= 0.6 is 11.6 Å². The summed E-state index contributed by atoms with van der Waals surface area (Å²) >= 11 is 6.30. The van der Waals surface area contributed by atoms with E-state index in [9.17, 15) is 14.7 Å². The number of hydrogen-bond donors (Lipinski definition) is 1. The Kier molecular flexibility index (Phi) is 12.7. The van der Waals surface area contributed by atoms with Gasteiger partial charge in [-0.1, -0.05) is 50.1 Å². The van der Waals surface area contributed by atoms with Crippen LogP contribution in [0, 0.1) is 11.8 Å². The van der Waals surface area contributed by atoms with Gasteiger partial charge >= 0.3 is 11.9 Å². The Labute approximate surface area is 255 Å². The molecule has 1 aliphatic heterocycles. The predicted molar refractivity (Wildman–Crippen MR) is 167 cm³/mol. The Morgan fingerprint density at radius 2 is 1.90 bits per heavy atom. The number of aryl methyl sites for hydroxylation is 1. The van der Waals surface area contributed by atoms with Gasteiger partial charge in [0.15, 0.2) is 0 Å². The van der Waals surface area contributed by atoms with Crippen molar-refractivity contribution in [3.8, 4) is 5.75 Å². The molecule has 230 valence electrons. The quantitative estimate of drug-likeness (QED) is 0.160. The van der Waals surface area contributed by atoms with E-state index in [-0.39, 0.29) is 18.1 Å². The summed E-state index contributed by atoms with van der Waals surface area (Å²) in [4.78, 5) is 28.4. The number of hydrogen-bond acceptors (Lipinski definition) is 7. The van der Waals surface area contributed by atoms with Crippen LogP contribution in [0.4, 0.5) is 5.69 Å². The molecule has 42 heavy (non-hydrogen) atoms. The zero-order valence-electron chi connectivity index (χ0n) is 25.5. The molecule has 0 fully saturated rings. The van der Waals surface area contributed by atoms with E-state index >= 15 is 0 Å². The predicted octanol–water partition coefficient (Wildman–Crippen LogP) is 7.00. The van der Waals surface area contributed by atoms with Gasteiger partial charge in [-0.05, 0) is 92.3 Å². The van der Waals surface area contributed by atoms with E-state index in [0.717, 1.165) is 69.3 Å². The number of carbonyl (C=O) groups is 2. The van der Waals surface area contributed by atoms with Crippen LogP contribution in [0.1, 0.15) is 76.0 Å². The van der Waals surface area contributed by atoms with Crippen LogP contribution in [0.2, 0.25) is 5.02 Å². The second kappa shape index (κ2) is 16.0. The summed E-state index contributed by atoms with van der Waals surface area (Å²) in [5.74, 6) is -2.04. The molecule has 0 spiro atoms. The minimum absolute atomic E-state index is 0.110. The van der Waals surface area contributed by atoms with Gasteiger partial charge in [-0.15, -0.1) is 6.58 Å². The summed E-state index contributed by atoms with van der Waals surface area (Å²) in [6, 6.07) is 11.1. The third-order valence-electron chi connectivity index (χ3n) is 7.79. The molecule has 0 aromatic heterocycles. The lowest BCUT2D eigenvalue weighted by Crippen LogP contribution is -2.47. The van der Waals surface area contributed by atoms with Gasteiger partial charge in [0.1, 0.15) is 12.4 Å². The van der Waals surface area contributed by atoms with E-state index in [0.29, 0.717) is 17.4 Å². The molecule has 0 amide bonds. The zero-order valence-corrected chi connectivity index (χ0v) is 26.3. The second-order valence-corrected chi connectivity index (χ2v) is 11.9. The number of carbonyl (C=O) groups excluding carboxylic acids is 2. The van der Waals surface area contributed by atoms with Crippen LogP contribution in [0.5, 0.6) is 5.75 Å². The van der Waals surface area contributed by atoms with Crippen molar-refractivity contribution in [2.45, 2.75) is 77.9 Å². The molecule has 0 bridgehead atoms. The molecule has 0 saturated carbocycles. The molecule has 8 heteroatoms. The Morgan fingerprint density at radius 3 is 2.62 bits per heavy atom. The van der Waals surface area contributed by atoms with Crippen molar-refractivity contribution in [2.75, 3.05) is 31.7 Å². The highest BCUT2D eigenvalue weighted by atomic mass is 35.5. The highest BCUT2D eigenvalue weighted by Gasteiger charge is 2.49. The number of unbranched alkanes of at least 4 members (excludes halogenated alkanes) is 3. The molecule has 2 aromatic rings. The Hall–Kier alpha value is -3.03. The third kappa shape index (κ3) is 8.51. The maximum absolute atomic E-state index is 13.1. The smallest absolute Gasteiger partial charge is 0.343 e. The minimum Gasteiger partial charge on any atom is -0.487 e. The molecular weight excluding hydrogens is 554 g/mol. The summed E-state index contributed by atoms with van der Waals surface area (Å²) in [6.07, 6.45) is 8.79. The monoisotopic (exact) mass is 599 g/mol. The summed E-state index contributed by atoms with van der Waals surface area (Å²) in [5, 5.41) is 12.6. The molecule has 1 unspecified atom stereocenters. The number of nitrogens with zero attached hydrogens (tertiary/aromatic N) is 1. The van der Waals surface area contributed by atoms with Crippen molar-refractivity contribution >= 4 is 29.2 Å². The Morgan fingerprint density at radius 1 is 1.12 bits per heavy atom. The molecule has 1 heterocycles. The van der Waals surface area contributed by atoms with Crippen LogP contribution in [-0.2, 0) is 37.7 Å². The lowest BCUT2D eigenvalue weighted by molar-refractivity contribution is -0.180. The summed E-state index contributed by atoms with van der Waals surface area (Å²) in [5.41, 5.74) is 1.01. The fourth-order valence-electron chi connectivity index (χ4n) is 5.23. The van der Waals surface area contributed by atoms with Gasteiger partial charge in [0.2, 0.25) is 5.60 Å². The molecular formula is C34H46ClNO6. The number of rotatable bonds is 12. The fraction of sp³-hybridized carbons (Fsp3) is 0.529. The SMILES string of the molecule is C=CCCCCCN1CCCCc2cc(Cl)ccc2COc2ccc(C(O)(C(=O)OC)[C@@H](C)C(=O)OCC(C)C)cc21. The molecule has 1 N–H and O–H groups in total. The topological polar surface area (TPSA) is 85.3 Å². The highest BCUT2D eigenvalue weighted by molar-refractivity contribution is 6.30. The van der Waals surface area contributed by atoms with Gasteiger partial charge in [-0.2, -0.15) is 0 Å². The standard InChI is InChI=1S/C34H46ClNO6/c1-6-7-8-9-11-18-36-19-12-10-13-26-20-29(35)16-14-27(26)23-41-31-17-15-28(21-30(31)36)34(39,33(38)40-5)25(4)32(37)42-22-24(2)3/h6,14-17,20-21,24-25,39H,1,7-13,18-19,22-23H2,2-5H3/t25-,34?/m0/s1. The number of benzene rings is 2. The normalized spacial score (nSPS) is 15.7. The molecule has 7 nitrogen and oxygen atoms in total. The zero-order chi connectivity index (χ0) is 30.7. The maximum atomic E-state index is 13.1. The van der Waals surface area contributed by atoms with Gasteiger partial charge in [-0.3, -0.25) is 4.79 Å². The maximum Gasteiger partial charge on any atom is 0.343 e. The average molecular weight is 600 g/mol. The first-order valence-electron chi connectivity index (χ1n) is 15.0. The van der Waals surface area contributed by atoms with Gasteiger partial charge in [0.25, 0.3) is 0 Å². The van der Waals surface area contributed by atoms with Crippen molar-refractivity contribution in [1.82, 2.24) is 0 Å². The largest absolute Gasteiger partial charge is 0.487 e. The van der Waals surface area contributed by atoms with Crippen molar-refractivity contribution in [2.24, 2.45) is 11.8 Å². The third-order valence-corrected chi connectivity index (χ3v) is 8.02. The highest BCUT2D eigenvalue weighted by Crippen LogP contribution is 2.39. The van der Waals surface area contributed by atoms with Gasteiger partial charge < -0.3 is 24.2 Å².